The third-order valence-electron chi connectivity index (χ3n) is 11.8. The summed E-state index contributed by atoms with van der Waals surface area (Å²) in [6.45, 7) is -2.08. The number of rotatable bonds is 38. The molecule has 0 fully saturated rings. The van der Waals surface area contributed by atoms with Gasteiger partial charge >= 0.3 is 23.6 Å². The monoisotopic (exact) mass is 1120 g/mol. The maximum atomic E-state index is 13.9. The van der Waals surface area contributed by atoms with Crippen LogP contribution in [0.25, 0.3) is 0 Å². The lowest BCUT2D eigenvalue weighted by atomic mass is 9.96. The third kappa shape index (κ3) is 20.6. The van der Waals surface area contributed by atoms with E-state index in [-0.39, 0.29) is 88.9 Å². The zero-order chi connectivity index (χ0) is 58.9. The molecule has 0 aliphatic carbocycles. The minimum absolute atomic E-state index is 0.00450. The molecule has 30 nitrogen and oxygen atoms in total. The number of nitro benzene ring substituents is 1. The van der Waals surface area contributed by atoms with E-state index in [1.807, 2.05) is 0 Å². The number of ether oxygens (including phenoxy) is 5. The Morgan fingerprint density at radius 1 is 0.613 bits per heavy atom. The van der Waals surface area contributed by atoms with Gasteiger partial charge < -0.3 is 46.2 Å². The highest BCUT2D eigenvalue weighted by atomic mass is 16.6. The summed E-state index contributed by atoms with van der Waals surface area (Å²) in [5.41, 5.74) is 15.1. The van der Waals surface area contributed by atoms with Gasteiger partial charge in [-0.2, -0.15) is 0 Å². The Morgan fingerprint density at radius 3 is 1.66 bits per heavy atom. The molecular formula is C50H59N9O21. The van der Waals surface area contributed by atoms with Crippen LogP contribution in [0.5, 0.6) is 5.75 Å². The highest BCUT2D eigenvalue weighted by Crippen LogP contribution is 2.29. The number of carbonyl (C=O) groups excluding carboxylic acids is 14. The van der Waals surface area contributed by atoms with E-state index < -0.39 is 157 Å². The van der Waals surface area contributed by atoms with E-state index in [4.69, 9.17) is 40.9 Å². The smallest absolute Gasteiger partial charge is 0.313 e. The van der Waals surface area contributed by atoms with Crippen molar-refractivity contribution < 1.29 is 95.7 Å². The number of benzene rings is 1. The Bertz CT molecular complexity index is 2680. The fourth-order valence-electron chi connectivity index (χ4n) is 7.59. The number of nitrogens with one attached hydrogen (secondary N) is 1. The van der Waals surface area contributed by atoms with Crippen molar-refractivity contribution in [1.29, 1.82) is 0 Å². The molecule has 4 rings (SSSR count). The molecular weight excluding hydrogens is 1060 g/mol. The summed E-state index contributed by atoms with van der Waals surface area (Å²) in [5, 5.41) is 14.3. The number of carbonyl (C=O) groups is 14. The van der Waals surface area contributed by atoms with E-state index in [9.17, 15) is 77.2 Å². The van der Waals surface area contributed by atoms with Gasteiger partial charge in [-0.15, -0.1) is 0 Å². The van der Waals surface area contributed by atoms with Crippen molar-refractivity contribution in [1.82, 2.24) is 20.0 Å². The number of guanidine groups is 1. The highest BCUT2D eigenvalue weighted by molar-refractivity contribution is 6.14. The molecule has 30 heteroatoms. The molecule has 7 N–H and O–H groups in total. The van der Waals surface area contributed by atoms with Gasteiger partial charge in [0.1, 0.15) is 6.61 Å². The van der Waals surface area contributed by atoms with Crippen LogP contribution in [0.3, 0.4) is 0 Å². The number of esters is 3. The molecule has 0 unspecified atom stereocenters. The van der Waals surface area contributed by atoms with Gasteiger partial charge in [-0.25, -0.2) is 0 Å². The number of ketones is 3. The van der Waals surface area contributed by atoms with Crippen molar-refractivity contribution in [2.24, 2.45) is 28.1 Å². The van der Waals surface area contributed by atoms with Crippen LogP contribution >= 0.6 is 0 Å². The van der Waals surface area contributed by atoms with Gasteiger partial charge in [0, 0.05) is 113 Å². The normalized spacial score (nSPS) is 14.8. The van der Waals surface area contributed by atoms with Crippen molar-refractivity contribution in [3.63, 3.8) is 0 Å². The number of primary amides is 1. The van der Waals surface area contributed by atoms with Crippen molar-refractivity contribution in [3.05, 3.63) is 70.3 Å². The molecule has 0 saturated carbocycles. The van der Waals surface area contributed by atoms with Gasteiger partial charge in [0.15, 0.2) is 23.3 Å². The van der Waals surface area contributed by atoms with Crippen LogP contribution in [0, 0.1) is 16.0 Å². The van der Waals surface area contributed by atoms with E-state index in [0.29, 0.717) is 22.6 Å². The molecule has 1 aromatic rings. The number of nitro groups is 1. The molecule has 0 spiro atoms. The number of nitrogens with zero attached hydrogens (tertiary/aromatic N) is 5. The fourth-order valence-corrected chi connectivity index (χ4v) is 7.59. The lowest BCUT2D eigenvalue weighted by Gasteiger charge is -2.26. The molecule has 8 amide bonds. The Labute approximate surface area is 455 Å². The number of Topliss-reactive ketones (excluding diaryl/α,β-unsaturated/α-hetero) is 3. The van der Waals surface area contributed by atoms with Gasteiger partial charge in [-0.05, 0) is 44.2 Å². The maximum absolute atomic E-state index is 13.9. The topological polar surface area (TPSA) is 440 Å². The van der Waals surface area contributed by atoms with Crippen LogP contribution in [0.1, 0.15) is 81.0 Å². The Hall–Kier alpha value is -9.19. The molecule has 1 aromatic carbocycles. The second-order valence-corrected chi connectivity index (χ2v) is 17.6. The van der Waals surface area contributed by atoms with Crippen LogP contribution in [0.4, 0.5) is 5.69 Å². The van der Waals surface area contributed by atoms with Gasteiger partial charge in [-0.1, -0.05) is 0 Å². The predicted octanol–water partition coefficient (Wildman–Crippen LogP) is -1.76. The molecule has 3 aliphatic heterocycles. The van der Waals surface area contributed by atoms with E-state index in [2.05, 4.69) is 10.3 Å². The molecule has 0 radical (unpaired) electrons. The first-order valence-corrected chi connectivity index (χ1v) is 24.9. The number of amides is 8. The molecule has 430 valence electrons. The van der Waals surface area contributed by atoms with Gasteiger partial charge in [0.05, 0.1) is 37.4 Å². The first kappa shape index (κ1) is 63.3. The lowest BCUT2D eigenvalue weighted by Crippen LogP contribution is -2.51. The van der Waals surface area contributed by atoms with E-state index in [0.717, 1.165) is 59.6 Å². The van der Waals surface area contributed by atoms with E-state index in [1.165, 1.54) is 0 Å². The fraction of sp³-hybridized carbons (Fsp3) is 0.460. The first-order valence-electron chi connectivity index (χ1n) is 24.9. The summed E-state index contributed by atoms with van der Waals surface area (Å²) in [6.07, 6.45) is -0.684. The largest absolute Gasteiger partial charge is 0.450 e. The molecule has 80 heavy (non-hydrogen) atoms. The number of hydrogen-bond acceptors (Lipinski definition) is 22. The van der Waals surface area contributed by atoms with Crippen LogP contribution in [-0.4, -0.2) is 179 Å². The van der Waals surface area contributed by atoms with Crippen LogP contribution in [-0.2, 0) is 81.3 Å². The maximum Gasteiger partial charge on any atom is 0.313 e. The minimum atomic E-state index is -2.27. The standard InChI is InChI=1S/C50H59N9O21/c51-48(72)30(4-1-21-55-50(52)53)7-9-32(60)29-77-27-26-76-25-3-6-35(62)46(79-44(70)18-23-57-39(65)13-14-40(57)66)47(80-45(71)19-24-58-41(67)15-16-42(58)68)49(73)54-20-2-5-34(61)31-8-10-36(33(28-31)59(74)75)78-43(69)17-22-56-37(63)11-12-38(56)64/h8,10-16,28,30,46-47H,1-7,9,17-27,29H2,(H2,51,72)(H,54,73)(H4,52,53,55)/t30-,46+,47-/m1/s1. The van der Waals surface area contributed by atoms with Crippen LogP contribution < -0.4 is 27.3 Å². The number of hydrogen-bond donors (Lipinski definition) is 4. The number of nitrogens with two attached hydrogens (primary N) is 3. The highest BCUT2D eigenvalue weighted by Gasteiger charge is 2.40. The summed E-state index contributed by atoms with van der Waals surface area (Å²) < 4.78 is 26.8. The molecule has 3 aliphatic rings. The predicted molar refractivity (Wildman–Crippen MR) is 269 cm³/mol. The molecule has 0 aromatic heterocycles. The third-order valence-corrected chi connectivity index (χ3v) is 11.8. The van der Waals surface area contributed by atoms with Crippen LogP contribution in [0.15, 0.2) is 59.6 Å². The van der Waals surface area contributed by atoms with Gasteiger partial charge in [0.2, 0.25) is 23.9 Å². The van der Waals surface area contributed by atoms with E-state index >= 15 is 0 Å². The summed E-state index contributed by atoms with van der Waals surface area (Å²) in [4.78, 5) is 194. The average molecular weight is 1120 g/mol. The van der Waals surface area contributed by atoms with Gasteiger partial charge in [0.25, 0.3) is 41.4 Å². The lowest BCUT2D eigenvalue weighted by molar-refractivity contribution is -0.385. The molecule has 3 heterocycles. The summed E-state index contributed by atoms with van der Waals surface area (Å²) in [7, 11) is 0. The molecule has 0 bridgehead atoms. The Morgan fingerprint density at radius 2 is 1.14 bits per heavy atom. The van der Waals surface area contributed by atoms with Gasteiger partial charge in [-0.3, -0.25) is 96.9 Å². The Balaban J connectivity index is 1.39. The van der Waals surface area contributed by atoms with Crippen molar-refractivity contribution in [2.75, 3.05) is 59.2 Å². The first-order chi connectivity index (χ1) is 38.1. The van der Waals surface area contributed by atoms with Crippen molar-refractivity contribution in [3.8, 4) is 5.75 Å². The van der Waals surface area contributed by atoms with E-state index in [1.54, 1.807) is 0 Å². The summed E-state index contributed by atoms with van der Waals surface area (Å²) >= 11 is 0. The molecule has 0 saturated heterocycles. The number of aliphatic imine (C=N–C) groups is 1. The van der Waals surface area contributed by atoms with Crippen LogP contribution in [0.2, 0.25) is 0 Å². The zero-order valence-corrected chi connectivity index (χ0v) is 43.1. The van der Waals surface area contributed by atoms with Crippen molar-refractivity contribution in [2.45, 2.75) is 82.8 Å². The molecule has 3 atom stereocenters. The second-order valence-electron chi connectivity index (χ2n) is 17.6. The number of imide groups is 3. The quantitative estimate of drug-likeness (QED) is 0.00655. The zero-order valence-electron chi connectivity index (χ0n) is 43.1. The summed E-state index contributed by atoms with van der Waals surface area (Å²) in [6, 6.07) is 2.95. The SMILES string of the molecule is NC(=O)[C@H](CCCN=C(N)N)CCC(=O)COCCOCCCC(=O)[C@H](OC(=O)CCN1C(=O)C=CC1=O)[C@@H](OC(=O)CCN1C(=O)C=CC1=O)C(=O)NCCCC(=O)c1ccc(OC(=O)CCN2C(=O)C=CC2=O)c([N+](=O)[O-])c1. The summed E-state index contributed by atoms with van der Waals surface area (Å²) in [5.74, 6) is -12.9. The minimum Gasteiger partial charge on any atom is -0.450 e. The Kier molecular flexibility index (Phi) is 25.2. The average Bonchev–Trinajstić information content (AvgIpc) is 4.04. The van der Waals surface area contributed by atoms with Crippen molar-refractivity contribution >= 4 is 94.2 Å². The second kappa shape index (κ2) is 31.9.